The summed E-state index contributed by atoms with van der Waals surface area (Å²) < 4.78 is 40.3. The van der Waals surface area contributed by atoms with Crippen molar-refractivity contribution in [2.45, 2.75) is 6.18 Å². The maximum absolute atomic E-state index is 11.8. The molecule has 0 spiro atoms. The maximum Gasteiger partial charge on any atom is 0.409 e. The number of allylic oxidation sites excluding steroid dienone is 1. The Morgan fingerprint density at radius 3 is 2.57 bits per heavy atom. The second-order valence-corrected chi connectivity index (χ2v) is 2.65. The average Bonchev–Trinajstić information content (AvgIpc) is 2.14. The van der Waals surface area contributed by atoms with Crippen LogP contribution in [0.1, 0.15) is 5.56 Å². The molecule has 1 aromatic rings. The Bertz CT molecular complexity index is 328. The van der Waals surface area contributed by atoms with Crippen molar-refractivity contribution in [3.05, 3.63) is 35.9 Å². The van der Waals surface area contributed by atoms with Gasteiger partial charge in [-0.15, -0.1) is 0 Å². The highest BCUT2D eigenvalue weighted by atomic mass is 19.4. The van der Waals surface area contributed by atoms with E-state index >= 15 is 0 Å². The molecule has 0 heterocycles. The Labute approximate surface area is 79.8 Å². The number of methoxy groups -OCH3 is 1. The highest BCUT2D eigenvalue weighted by molar-refractivity contribution is 5.52. The van der Waals surface area contributed by atoms with Crippen LogP contribution in [0.15, 0.2) is 30.3 Å². The molecule has 1 rings (SSSR count). The van der Waals surface area contributed by atoms with E-state index in [1.165, 1.54) is 13.2 Å². The van der Waals surface area contributed by atoms with Gasteiger partial charge in [-0.05, 0) is 23.8 Å². The lowest BCUT2D eigenvalue weighted by atomic mass is 10.2. The molecule has 0 aliphatic heterocycles. The van der Waals surface area contributed by atoms with Crippen LogP contribution >= 0.6 is 0 Å². The molecule has 0 saturated carbocycles. The number of benzene rings is 1. The third-order valence-corrected chi connectivity index (χ3v) is 1.56. The van der Waals surface area contributed by atoms with E-state index in [1.807, 2.05) is 0 Å². The van der Waals surface area contributed by atoms with E-state index in [2.05, 4.69) is 0 Å². The van der Waals surface area contributed by atoms with Crippen molar-refractivity contribution in [2.75, 3.05) is 7.11 Å². The molecule has 1 nitrogen and oxygen atoms in total. The van der Waals surface area contributed by atoms with E-state index in [0.717, 1.165) is 6.08 Å². The fourth-order valence-electron chi connectivity index (χ4n) is 0.936. The summed E-state index contributed by atoms with van der Waals surface area (Å²) in [5, 5.41) is 0. The lowest BCUT2D eigenvalue weighted by Gasteiger charge is -2.01. The zero-order valence-electron chi connectivity index (χ0n) is 7.51. The van der Waals surface area contributed by atoms with Crippen molar-refractivity contribution in [3.63, 3.8) is 0 Å². The van der Waals surface area contributed by atoms with Gasteiger partial charge in [0.2, 0.25) is 0 Å². The van der Waals surface area contributed by atoms with Gasteiger partial charge in [0.1, 0.15) is 5.75 Å². The Morgan fingerprint density at radius 2 is 2.00 bits per heavy atom. The first-order chi connectivity index (χ1) is 6.51. The summed E-state index contributed by atoms with van der Waals surface area (Å²) in [6, 6.07) is 6.41. The third kappa shape index (κ3) is 3.51. The summed E-state index contributed by atoms with van der Waals surface area (Å²) >= 11 is 0. The van der Waals surface area contributed by atoms with Crippen molar-refractivity contribution in [1.82, 2.24) is 0 Å². The van der Waals surface area contributed by atoms with E-state index < -0.39 is 6.18 Å². The molecule has 0 bridgehead atoms. The van der Waals surface area contributed by atoms with E-state index in [4.69, 9.17) is 4.74 Å². The molecule has 14 heavy (non-hydrogen) atoms. The van der Waals surface area contributed by atoms with Crippen LogP contribution in [0.5, 0.6) is 5.75 Å². The van der Waals surface area contributed by atoms with Crippen LogP contribution in [-0.4, -0.2) is 13.3 Å². The molecule has 1 aromatic carbocycles. The molecule has 0 saturated heterocycles. The molecular formula is C10H9F3O. The molecule has 0 amide bonds. The fraction of sp³-hybridized carbons (Fsp3) is 0.200. The predicted molar refractivity (Wildman–Crippen MR) is 48.1 cm³/mol. The van der Waals surface area contributed by atoms with Gasteiger partial charge in [-0.3, -0.25) is 0 Å². The zero-order chi connectivity index (χ0) is 10.6. The van der Waals surface area contributed by atoms with Crippen LogP contribution in [0.25, 0.3) is 6.08 Å². The summed E-state index contributed by atoms with van der Waals surface area (Å²) in [5.74, 6) is 0.536. The number of alkyl halides is 3. The van der Waals surface area contributed by atoms with Crippen LogP contribution < -0.4 is 4.74 Å². The van der Waals surface area contributed by atoms with Gasteiger partial charge in [-0.2, -0.15) is 13.2 Å². The van der Waals surface area contributed by atoms with Gasteiger partial charge >= 0.3 is 6.18 Å². The topological polar surface area (TPSA) is 9.23 Å². The first kappa shape index (κ1) is 10.6. The lowest BCUT2D eigenvalue weighted by Crippen LogP contribution is -2.00. The zero-order valence-corrected chi connectivity index (χ0v) is 7.51. The van der Waals surface area contributed by atoms with Gasteiger partial charge in [-0.25, -0.2) is 0 Å². The molecule has 0 unspecified atom stereocenters. The lowest BCUT2D eigenvalue weighted by molar-refractivity contribution is -0.0790. The second-order valence-electron chi connectivity index (χ2n) is 2.65. The summed E-state index contributed by atoms with van der Waals surface area (Å²) in [7, 11) is 1.46. The molecular weight excluding hydrogens is 193 g/mol. The van der Waals surface area contributed by atoms with Gasteiger partial charge in [-0.1, -0.05) is 12.1 Å². The molecule has 0 aromatic heterocycles. The van der Waals surface area contributed by atoms with Crippen LogP contribution in [0.4, 0.5) is 13.2 Å². The quantitative estimate of drug-likeness (QED) is 0.715. The summed E-state index contributed by atoms with van der Waals surface area (Å²) in [5.41, 5.74) is 0.460. The Balaban J connectivity index is 2.82. The number of ether oxygens (including phenoxy) is 1. The highest BCUT2D eigenvalue weighted by Crippen LogP contribution is 2.19. The number of halogens is 3. The summed E-state index contributed by atoms with van der Waals surface area (Å²) in [4.78, 5) is 0. The largest absolute Gasteiger partial charge is 0.497 e. The van der Waals surface area contributed by atoms with E-state index in [1.54, 1.807) is 18.2 Å². The Kier molecular flexibility index (Phi) is 3.17. The minimum absolute atomic E-state index is 0.196. The molecule has 0 atom stereocenters. The van der Waals surface area contributed by atoms with Crippen LogP contribution in [0.2, 0.25) is 0 Å². The minimum atomic E-state index is -4.27. The number of hydrogen-bond donors (Lipinski definition) is 0. The van der Waals surface area contributed by atoms with Gasteiger partial charge in [0.05, 0.1) is 7.11 Å². The summed E-state index contributed by atoms with van der Waals surface area (Å²) in [6.45, 7) is 0. The first-order valence-corrected chi connectivity index (χ1v) is 3.91. The highest BCUT2D eigenvalue weighted by Gasteiger charge is 2.21. The second kappa shape index (κ2) is 4.17. The average molecular weight is 202 g/mol. The Morgan fingerprint density at radius 1 is 1.29 bits per heavy atom. The molecule has 4 heteroatoms. The van der Waals surface area contributed by atoms with Crippen molar-refractivity contribution < 1.29 is 17.9 Å². The molecule has 0 aliphatic rings. The van der Waals surface area contributed by atoms with Gasteiger partial charge in [0.25, 0.3) is 0 Å². The van der Waals surface area contributed by atoms with Crippen LogP contribution in [-0.2, 0) is 0 Å². The van der Waals surface area contributed by atoms with Crippen molar-refractivity contribution in [1.29, 1.82) is 0 Å². The maximum atomic E-state index is 11.8. The van der Waals surface area contributed by atoms with E-state index in [-0.39, 0.29) is 6.08 Å². The van der Waals surface area contributed by atoms with Gasteiger partial charge in [0, 0.05) is 6.08 Å². The first-order valence-electron chi connectivity index (χ1n) is 3.91. The molecule has 0 N–H and O–H groups in total. The monoisotopic (exact) mass is 202 g/mol. The normalized spacial score (nSPS) is 12.0. The SMILES string of the molecule is COc1cccc(/C=C\C(F)(F)F)c1. The molecule has 0 fully saturated rings. The van der Waals surface area contributed by atoms with Crippen molar-refractivity contribution in [3.8, 4) is 5.75 Å². The predicted octanol–water partition coefficient (Wildman–Crippen LogP) is 3.27. The molecule has 76 valence electrons. The fourth-order valence-corrected chi connectivity index (χ4v) is 0.936. The standard InChI is InChI=1S/C10H9F3O/c1-14-9-4-2-3-8(7-9)5-6-10(11,12)13/h2-7H,1H3/b6-5-. The van der Waals surface area contributed by atoms with Crippen LogP contribution in [0.3, 0.4) is 0 Å². The molecule has 0 radical (unpaired) electrons. The van der Waals surface area contributed by atoms with Crippen molar-refractivity contribution >= 4 is 6.08 Å². The van der Waals surface area contributed by atoms with Gasteiger partial charge in [0.15, 0.2) is 0 Å². The van der Waals surface area contributed by atoms with E-state index in [9.17, 15) is 13.2 Å². The van der Waals surface area contributed by atoms with Crippen LogP contribution in [0, 0.1) is 0 Å². The smallest absolute Gasteiger partial charge is 0.409 e. The summed E-state index contributed by atoms with van der Waals surface area (Å²) in [6.07, 6.45) is -3.08. The number of hydrogen-bond acceptors (Lipinski definition) is 1. The number of rotatable bonds is 2. The Hall–Kier alpha value is -1.45. The third-order valence-electron chi connectivity index (χ3n) is 1.56. The molecule has 0 aliphatic carbocycles. The van der Waals surface area contributed by atoms with Crippen molar-refractivity contribution in [2.24, 2.45) is 0 Å². The van der Waals surface area contributed by atoms with E-state index in [0.29, 0.717) is 11.3 Å². The van der Waals surface area contributed by atoms with Gasteiger partial charge < -0.3 is 4.74 Å². The minimum Gasteiger partial charge on any atom is -0.497 e.